The Morgan fingerprint density at radius 1 is 1.53 bits per heavy atom. The first kappa shape index (κ1) is 12.1. The number of hydrogen-bond acceptors (Lipinski definition) is 2. The molecule has 0 amide bonds. The van der Waals surface area contributed by atoms with Crippen LogP contribution in [-0.4, -0.2) is 20.6 Å². The third kappa shape index (κ3) is 2.32. The molecule has 0 aliphatic carbocycles. The highest BCUT2D eigenvalue weighted by atomic mass is 79.9. The number of rotatable bonds is 2. The van der Waals surface area contributed by atoms with E-state index in [0.717, 1.165) is 6.07 Å². The number of benzene rings is 1. The van der Waals surface area contributed by atoms with Crippen LogP contribution in [0.2, 0.25) is 5.02 Å². The Hall–Kier alpha value is -1.40. The Balaban J connectivity index is 2.56. The van der Waals surface area contributed by atoms with E-state index < -0.39 is 11.8 Å². The van der Waals surface area contributed by atoms with Gasteiger partial charge in [0, 0.05) is 10.7 Å². The van der Waals surface area contributed by atoms with Crippen molar-refractivity contribution in [2.75, 3.05) is 0 Å². The molecule has 0 atom stereocenters. The van der Waals surface area contributed by atoms with Crippen molar-refractivity contribution in [3.05, 3.63) is 45.7 Å². The van der Waals surface area contributed by atoms with Gasteiger partial charge < -0.3 is 9.67 Å². The molecule has 0 aliphatic heterocycles. The summed E-state index contributed by atoms with van der Waals surface area (Å²) in [4.78, 5) is 14.4. The van der Waals surface area contributed by atoms with Crippen LogP contribution < -0.4 is 0 Å². The van der Waals surface area contributed by atoms with Crippen molar-refractivity contribution in [2.45, 2.75) is 0 Å². The fourth-order valence-corrected chi connectivity index (χ4v) is 2.39. The lowest BCUT2D eigenvalue weighted by Gasteiger charge is -2.07. The molecule has 88 valence electrons. The number of imidazole rings is 1. The Morgan fingerprint density at radius 3 is 2.76 bits per heavy atom. The molecule has 4 nitrogen and oxygen atoms in total. The van der Waals surface area contributed by atoms with Crippen LogP contribution in [-0.2, 0) is 0 Å². The van der Waals surface area contributed by atoms with Gasteiger partial charge in [0.15, 0.2) is 5.69 Å². The number of carbonyl (C=O) groups is 1. The minimum atomic E-state index is -1.14. The van der Waals surface area contributed by atoms with Gasteiger partial charge in [0.25, 0.3) is 0 Å². The van der Waals surface area contributed by atoms with E-state index in [1.807, 2.05) is 0 Å². The number of hydrogen-bond donors (Lipinski definition) is 1. The Labute approximate surface area is 109 Å². The number of carboxylic acid groups (broad SMARTS) is 1. The van der Waals surface area contributed by atoms with E-state index >= 15 is 0 Å². The van der Waals surface area contributed by atoms with E-state index in [0.29, 0.717) is 10.2 Å². The number of nitrogens with zero attached hydrogens (tertiary/aromatic N) is 2. The molecule has 0 spiro atoms. The summed E-state index contributed by atoms with van der Waals surface area (Å²) >= 11 is 9.05. The summed E-state index contributed by atoms with van der Waals surface area (Å²) < 4.78 is 14.8. The maximum absolute atomic E-state index is 13.0. The summed E-state index contributed by atoms with van der Waals surface area (Å²) in [5.41, 5.74) is 0.324. The molecule has 2 aromatic rings. The maximum atomic E-state index is 13.0. The molecule has 7 heteroatoms. The molecular formula is C10H5BrClFN2O2. The van der Waals surface area contributed by atoms with Gasteiger partial charge in [-0.2, -0.15) is 0 Å². The number of aromatic nitrogens is 2. The van der Waals surface area contributed by atoms with Crippen LogP contribution in [0.5, 0.6) is 0 Å². The van der Waals surface area contributed by atoms with E-state index in [2.05, 4.69) is 20.9 Å². The Kier molecular flexibility index (Phi) is 3.17. The highest BCUT2D eigenvalue weighted by Crippen LogP contribution is 2.30. The zero-order valence-corrected chi connectivity index (χ0v) is 10.5. The van der Waals surface area contributed by atoms with Gasteiger partial charge in [-0.05, 0) is 28.1 Å². The zero-order valence-electron chi connectivity index (χ0n) is 8.19. The van der Waals surface area contributed by atoms with E-state index in [4.69, 9.17) is 16.7 Å². The van der Waals surface area contributed by atoms with Crippen molar-refractivity contribution in [3.63, 3.8) is 0 Å². The van der Waals surface area contributed by atoms with Gasteiger partial charge in [0.2, 0.25) is 0 Å². The maximum Gasteiger partial charge on any atom is 0.356 e. The summed E-state index contributed by atoms with van der Waals surface area (Å²) in [6.45, 7) is 0. The average molecular weight is 320 g/mol. The quantitative estimate of drug-likeness (QED) is 0.925. The Morgan fingerprint density at radius 2 is 2.24 bits per heavy atom. The molecule has 0 aliphatic rings. The molecule has 0 unspecified atom stereocenters. The van der Waals surface area contributed by atoms with Crippen molar-refractivity contribution in [3.8, 4) is 5.69 Å². The van der Waals surface area contributed by atoms with Crippen LogP contribution in [0.3, 0.4) is 0 Å². The summed E-state index contributed by atoms with van der Waals surface area (Å²) in [5.74, 6) is -1.62. The summed E-state index contributed by atoms with van der Waals surface area (Å²) in [6.07, 6.45) is 2.60. The second kappa shape index (κ2) is 4.46. The van der Waals surface area contributed by atoms with Crippen molar-refractivity contribution in [1.29, 1.82) is 0 Å². The topological polar surface area (TPSA) is 55.1 Å². The lowest BCUT2D eigenvalue weighted by molar-refractivity contribution is 0.0691. The number of halogens is 3. The first-order valence-electron chi connectivity index (χ1n) is 4.41. The summed E-state index contributed by atoms with van der Waals surface area (Å²) in [6, 6.07) is 2.38. The fourth-order valence-electron chi connectivity index (χ4n) is 1.34. The molecule has 0 radical (unpaired) electrons. The molecule has 1 N–H and O–H groups in total. The standard InChI is InChI=1S/C10H5BrClFN2O2/c11-6-1-5(13)2-7(12)9(6)15-3-8(10(16)17)14-4-15/h1-4H,(H,16,17). The van der Waals surface area contributed by atoms with Gasteiger partial charge >= 0.3 is 5.97 Å². The lowest BCUT2D eigenvalue weighted by Crippen LogP contribution is -1.97. The summed E-state index contributed by atoms with van der Waals surface area (Å²) in [5, 5.41) is 8.91. The molecule has 0 bridgehead atoms. The minimum absolute atomic E-state index is 0.114. The zero-order chi connectivity index (χ0) is 12.6. The van der Waals surface area contributed by atoms with Crippen LogP contribution in [0.4, 0.5) is 4.39 Å². The summed E-state index contributed by atoms with van der Waals surface area (Å²) in [7, 11) is 0. The molecule has 0 fully saturated rings. The van der Waals surface area contributed by atoms with Gasteiger partial charge in [0.05, 0.1) is 10.7 Å². The van der Waals surface area contributed by atoms with Gasteiger partial charge in [-0.15, -0.1) is 0 Å². The Bertz CT molecular complexity index is 577. The van der Waals surface area contributed by atoms with Crippen LogP contribution in [0.15, 0.2) is 29.1 Å². The minimum Gasteiger partial charge on any atom is -0.476 e. The van der Waals surface area contributed by atoms with Crippen molar-refractivity contribution in [1.82, 2.24) is 9.55 Å². The first-order valence-corrected chi connectivity index (χ1v) is 5.58. The van der Waals surface area contributed by atoms with E-state index in [1.54, 1.807) is 0 Å². The SMILES string of the molecule is O=C(O)c1cn(-c2c(Cl)cc(F)cc2Br)cn1. The van der Waals surface area contributed by atoms with Crippen LogP contribution in [0.1, 0.15) is 10.5 Å². The predicted molar refractivity (Wildman–Crippen MR) is 63.2 cm³/mol. The number of carboxylic acids is 1. The normalized spacial score (nSPS) is 10.5. The third-order valence-electron chi connectivity index (χ3n) is 2.04. The fraction of sp³-hybridized carbons (Fsp3) is 0. The lowest BCUT2D eigenvalue weighted by atomic mass is 10.3. The molecule has 17 heavy (non-hydrogen) atoms. The van der Waals surface area contributed by atoms with Crippen molar-refractivity contribution in [2.24, 2.45) is 0 Å². The smallest absolute Gasteiger partial charge is 0.356 e. The highest BCUT2D eigenvalue weighted by Gasteiger charge is 2.13. The number of aromatic carboxylic acids is 1. The van der Waals surface area contributed by atoms with E-state index in [1.165, 1.54) is 23.2 Å². The van der Waals surface area contributed by atoms with Crippen LogP contribution in [0.25, 0.3) is 5.69 Å². The van der Waals surface area contributed by atoms with Crippen LogP contribution in [0, 0.1) is 5.82 Å². The first-order chi connectivity index (χ1) is 7.99. The monoisotopic (exact) mass is 318 g/mol. The van der Waals surface area contributed by atoms with Gasteiger partial charge in [-0.25, -0.2) is 14.2 Å². The molecular weight excluding hydrogens is 314 g/mol. The second-order valence-corrected chi connectivity index (χ2v) is 4.45. The average Bonchev–Trinajstić information content (AvgIpc) is 2.65. The second-order valence-electron chi connectivity index (χ2n) is 3.19. The largest absolute Gasteiger partial charge is 0.476 e. The highest BCUT2D eigenvalue weighted by molar-refractivity contribution is 9.10. The van der Waals surface area contributed by atoms with Crippen molar-refractivity contribution < 1.29 is 14.3 Å². The van der Waals surface area contributed by atoms with Gasteiger partial charge in [-0.1, -0.05) is 11.6 Å². The molecule has 2 rings (SSSR count). The van der Waals surface area contributed by atoms with Crippen LogP contribution >= 0.6 is 27.5 Å². The van der Waals surface area contributed by atoms with E-state index in [9.17, 15) is 9.18 Å². The molecule has 0 saturated carbocycles. The van der Waals surface area contributed by atoms with Gasteiger partial charge in [-0.3, -0.25) is 0 Å². The van der Waals surface area contributed by atoms with Crippen molar-refractivity contribution >= 4 is 33.5 Å². The van der Waals surface area contributed by atoms with Gasteiger partial charge in [0.1, 0.15) is 12.1 Å². The molecule has 1 heterocycles. The van der Waals surface area contributed by atoms with E-state index in [-0.39, 0.29) is 10.7 Å². The predicted octanol–water partition coefficient (Wildman–Crippen LogP) is 3.13. The molecule has 0 saturated heterocycles. The molecule has 1 aromatic heterocycles. The third-order valence-corrected chi connectivity index (χ3v) is 2.93. The molecule has 1 aromatic carbocycles.